The number of carbonyl (C=O) groups excluding carboxylic acids is 2. The molecule has 0 saturated heterocycles. The quantitative estimate of drug-likeness (QED) is 0.463. The third-order valence-electron chi connectivity index (χ3n) is 2.86. The van der Waals surface area contributed by atoms with Crippen molar-refractivity contribution in [3.8, 4) is 0 Å². The van der Waals surface area contributed by atoms with Crippen LogP contribution in [0.3, 0.4) is 0 Å². The lowest BCUT2D eigenvalue weighted by Gasteiger charge is -2.08. The van der Waals surface area contributed by atoms with Gasteiger partial charge in [0.05, 0.1) is 16.8 Å². The fourth-order valence-electron chi connectivity index (χ4n) is 1.77. The van der Waals surface area contributed by atoms with Crippen LogP contribution in [-0.4, -0.2) is 32.0 Å². The molecule has 0 radical (unpaired) electrons. The van der Waals surface area contributed by atoms with Crippen molar-refractivity contribution >= 4 is 21.6 Å². The largest absolute Gasteiger partial charge is 0.460 e. The molecular weight excluding hydrogens is 268 g/mol. The van der Waals surface area contributed by atoms with E-state index in [0.29, 0.717) is 12.8 Å². The van der Waals surface area contributed by atoms with E-state index >= 15 is 0 Å². The number of benzene rings is 1. The number of carbonyl (C=O) groups is 2. The Hall–Kier alpha value is -1.69. The zero-order chi connectivity index (χ0) is 14.0. The average molecular weight is 282 g/mol. The Morgan fingerprint density at radius 2 is 1.89 bits per heavy atom. The predicted molar refractivity (Wildman–Crippen MR) is 67.6 cm³/mol. The lowest BCUT2D eigenvalue weighted by Crippen LogP contribution is -2.21. The fourth-order valence-corrected chi connectivity index (χ4v) is 3.62. The van der Waals surface area contributed by atoms with E-state index < -0.39 is 26.8 Å². The van der Waals surface area contributed by atoms with Crippen molar-refractivity contribution < 1.29 is 22.7 Å². The van der Waals surface area contributed by atoms with Crippen LogP contribution in [0, 0.1) is 0 Å². The van der Waals surface area contributed by atoms with Gasteiger partial charge in [-0.05, 0) is 31.9 Å². The van der Waals surface area contributed by atoms with Crippen molar-refractivity contribution in [3.63, 3.8) is 0 Å². The number of ketones is 1. The molecule has 0 unspecified atom stereocenters. The van der Waals surface area contributed by atoms with Crippen molar-refractivity contribution in [1.29, 1.82) is 0 Å². The van der Waals surface area contributed by atoms with Crippen molar-refractivity contribution in [1.82, 2.24) is 0 Å². The highest BCUT2D eigenvalue weighted by atomic mass is 32.2. The summed E-state index contributed by atoms with van der Waals surface area (Å²) in [7, 11) is -3.52. The first-order valence-electron chi connectivity index (χ1n) is 6.03. The third-order valence-corrected chi connectivity index (χ3v) is 5.18. The number of hydrogen-bond acceptors (Lipinski definition) is 5. The van der Waals surface area contributed by atoms with Crippen molar-refractivity contribution in [2.24, 2.45) is 0 Å². The number of hydrogen-bond donors (Lipinski definition) is 0. The molecule has 102 valence electrons. The molecule has 1 fully saturated rings. The van der Waals surface area contributed by atoms with Gasteiger partial charge in [0.2, 0.25) is 0 Å². The molecule has 6 heteroatoms. The molecule has 0 bridgehead atoms. The molecule has 0 N–H and O–H groups in total. The second kappa shape index (κ2) is 5.13. The van der Waals surface area contributed by atoms with Crippen molar-refractivity contribution in [2.75, 3.05) is 6.61 Å². The number of Topliss-reactive ketones (excluding diaryl/α,β-unsaturated/α-hetero) is 1. The first-order chi connectivity index (χ1) is 8.98. The van der Waals surface area contributed by atoms with Crippen LogP contribution in [0.25, 0.3) is 0 Å². The van der Waals surface area contributed by atoms with E-state index in [-0.39, 0.29) is 17.1 Å². The van der Waals surface area contributed by atoms with Gasteiger partial charge >= 0.3 is 5.97 Å². The van der Waals surface area contributed by atoms with Gasteiger partial charge in [0.25, 0.3) is 5.78 Å². The Morgan fingerprint density at radius 1 is 1.26 bits per heavy atom. The van der Waals surface area contributed by atoms with Crippen LogP contribution >= 0.6 is 0 Å². The van der Waals surface area contributed by atoms with Crippen LogP contribution in [0.15, 0.2) is 29.2 Å². The SMILES string of the molecule is CCOC(=O)C(=O)c1ccccc1S(=O)(=O)C1CC1. The summed E-state index contributed by atoms with van der Waals surface area (Å²) in [4.78, 5) is 23.3. The van der Waals surface area contributed by atoms with Gasteiger partial charge in [-0.2, -0.15) is 0 Å². The molecule has 2 rings (SSSR count). The first kappa shape index (κ1) is 13.7. The van der Waals surface area contributed by atoms with E-state index in [9.17, 15) is 18.0 Å². The molecule has 0 aliphatic heterocycles. The summed E-state index contributed by atoms with van der Waals surface area (Å²) >= 11 is 0. The molecule has 0 atom stereocenters. The fraction of sp³-hybridized carbons (Fsp3) is 0.385. The molecule has 1 aliphatic rings. The molecule has 1 aromatic rings. The summed E-state index contributed by atoms with van der Waals surface area (Å²) in [6, 6.07) is 5.77. The van der Waals surface area contributed by atoms with Crippen LogP contribution in [0.2, 0.25) is 0 Å². The third kappa shape index (κ3) is 2.68. The zero-order valence-electron chi connectivity index (χ0n) is 10.5. The van der Waals surface area contributed by atoms with Gasteiger partial charge in [-0.3, -0.25) is 4.79 Å². The van der Waals surface area contributed by atoms with Gasteiger partial charge < -0.3 is 4.74 Å². The minimum Gasteiger partial charge on any atom is -0.460 e. The van der Waals surface area contributed by atoms with E-state index in [1.165, 1.54) is 24.3 Å². The highest BCUT2D eigenvalue weighted by molar-refractivity contribution is 7.92. The highest BCUT2D eigenvalue weighted by Crippen LogP contribution is 2.34. The van der Waals surface area contributed by atoms with Gasteiger partial charge in [0.1, 0.15) is 0 Å². The molecule has 0 amide bonds. The van der Waals surface area contributed by atoms with E-state index in [1.54, 1.807) is 6.92 Å². The Kier molecular flexibility index (Phi) is 3.71. The van der Waals surface area contributed by atoms with E-state index in [0.717, 1.165) is 0 Å². The number of sulfone groups is 1. The molecule has 0 aromatic heterocycles. The molecule has 0 spiro atoms. The standard InChI is InChI=1S/C13H14O5S/c1-2-18-13(15)12(14)10-5-3-4-6-11(10)19(16,17)9-7-8-9/h3-6,9H,2,7-8H2,1H3. The maximum Gasteiger partial charge on any atom is 0.379 e. The zero-order valence-corrected chi connectivity index (χ0v) is 11.3. The molecular formula is C13H14O5S. The molecule has 1 aliphatic carbocycles. The summed E-state index contributed by atoms with van der Waals surface area (Å²) in [5.74, 6) is -1.94. The maximum absolute atomic E-state index is 12.2. The number of rotatable bonds is 5. The first-order valence-corrected chi connectivity index (χ1v) is 7.57. The predicted octanol–water partition coefficient (Wildman–Crippen LogP) is 1.37. The van der Waals surface area contributed by atoms with Crippen LogP contribution in [0.1, 0.15) is 30.1 Å². The molecule has 5 nitrogen and oxygen atoms in total. The van der Waals surface area contributed by atoms with Crippen LogP contribution in [0.4, 0.5) is 0 Å². The molecule has 0 heterocycles. The average Bonchev–Trinajstić information content (AvgIpc) is 3.22. The van der Waals surface area contributed by atoms with Gasteiger partial charge in [-0.15, -0.1) is 0 Å². The van der Waals surface area contributed by atoms with Crippen LogP contribution in [0.5, 0.6) is 0 Å². The minimum absolute atomic E-state index is 0.0715. The maximum atomic E-state index is 12.2. The van der Waals surface area contributed by atoms with Gasteiger partial charge in [0.15, 0.2) is 9.84 Å². The number of ether oxygens (including phenoxy) is 1. The monoisotopic (exact) mass is 282 g/mol. The molecule has 19 heavy (non-hydrogen) atoms. The van der Waals surface area contributed by atoms with E-state index in [1.807, 2.05) is 0 Å². The van der Waals surface area contributed by atoms with Gasteiger partial charge in [-0.1, -0.05) is 12.1 Å². The van der Waals surface area contributed by atoms with Crippen molar-refractivity contribution in [2.45, 2.75) is 29.9 Å². The summed E-state index contributed by atoms with van der Waals surface area (Å²) in [5, 5.41) is -0.427. The summed E-state index contributed by atoms with van der Waals surface area (Å²) in [6.45, 7) is 1.65. The van der Waals surface area contributed by atoms with Crippen molar-refractivity contribution in [3.05, 3.63) is 29.8 Å². The Bertz CT molecular complexity index is 614. The lowest BCUT2D eigenvalue weighted by molar-refractivity contribution is -0.137. The summed E-state index contributed by atoms with van der Waals surface area (Å²) < 4.78 is 29.0. The Balaban J connectivity index is 2.42. The normalized spacial score (nSPS) is 15.0. The van der Waals surface area contributed by atoms with E-state index in [4.69, 9.17) is 0 Å². The lowest BCUT2D eigenvalue weighted by atomic mass is 10.1. The summed E-state index contributed by atoms with van der Waals surface area (Å²) in [6.07, 6.45) is 1.20. The van der Waals surface area contributed by atoms with Gasteiger partial charge in [0, 0.05) is 5.56 Å². The van der Waals surface area contributed by atoms with E-state index in [2.05, 4.69) is 4.74 Å². The highest BCUT2D eigenvalue weighted by Gasteiger charge is 2.39. The summed E-state index contributed by atoms with van der Waals surface area (Å²) in [5.41, 5.74) is -0.104. The second-order valence-corrected chi connectivity index (χ2v) is 6.49. The van der Waals surface area contributed by atoms with Gasteiger partial charge in [-0.25, -0.2) is 13.2 Å². The Morgan fingerprint density at radius 3 is 2.47 bits per heavy atom. The molecule has 1 aromatic carbocycles. The minimum atomic E-state index is -3.52. The second-order valence-electron chi connectivity index (χ2n) is 4.29. The molecule has 1 saturated carbocycles. The van der Waals surface area contributed by atoms with Crippen LogP contribution < -0.4 is 0 Å². The smallest absolute Gasteiger partial charge is 0.379 e. The topological polar surface area (TPSA) is 77.5 Å². The Labute approximate surface area is 111 Å². The van der Waals surface area contributed by atoms with Crippen LogP contribution in [-0.2, 0) is 19.4 Å². The number of esters is 1.